The van der Waals surface area contributed by atoms with Crippen LogP contribution in [0.4, 0.5) is 0 Å². The summed E-state index contributed by atoms with van der Waals surface area (Å²) in [6, 6.07) is 10.5. The fraction of sp³-hybridized carbons (Fsp3) is 0.500. The van der Waals surface area contributed by atoms with Crippen LogP contribution in [0.25, 0.3) is 10.8 Å². The normalized spacial score (nSPS) is 17.3. The van der Waals surface area contributed by atoms with E-state index in [0.29, 0.717) is 17.5 Å². The van der Waals surface area contributed by atoms with Crippen molar-refractivity contribution in [1.29, 1.82) is 0 Å². The van der Waals surface area contributed by atoms with Crippen LogP contribution < -0.4 is 9.47 Å². The van der Waals surface area contributed by atoms with E-state index < -0.39 is 0 Å². The van der Waals surface area contributed by atoms with E-state index in [1.807, 2.05) is 6.07 Å². The lowest BCUT2D eigenvalue weighted by atomic mass is 10.0. The molecule has 1 saturated heterocycles. The quantitative estimate of drug-likeness (QED) is 0.492. The van der Waals surface area contributed by atoms with Gasteiger partial charge in [-0.15, -0.1) is 0 Å². The second kappa shape index (κ2) is 9.88. The summed E-state index contributed by atoms with van der Waals surface area (Å²) in [5, 5.41) is 1.93. The highest BCUT2D eigenvalue weighted by Crippen LogP contribution is 2.34. The molecular weight excluding hydrogens is 366 g/mol. The molecule has 0 N–H and O–H groups in total. The van der Waals surface area contributed by atoms with Crippen LogP contribution in [-0.2, 0) is 16.0 Å². The number of nitrogens with zero attached hydrogens (tertiary/aromatic N) is 1. The van der Waals surface area contributed by atoms with Crippen molar-refractivity contribution in [2.24, 2.45) is 0 Å². The minimum Gasteiger partial charge on any atom is -0.422 e. The Morgan fingerprint density at radius 3 is 2.24 bits per heavy atom. The number of esters is 2. The minimum absolute atomic E-state index is 0.257. The largest absolute Gasteiger partial charge is 0.422 e. The molecule has 0 saturated carbocycles. The number of carbonyl (C=O) groups is 2. The molecule has 1 atom stereocenters. The fourth-order valence-electron chi connectivity index (χ4n) is 3.77. The van der Waals surface area contributed by atoms with Gasteiger partial charge in [0.15, 0.2) is 11.5 Å². The van der Waals surface area contributed by atoms with Crippen LogP contribution in [-0.4, -0.2) is 36.0 Å². The number of likely N-dealkylation sites (tertiary alicyclic amines) is 1. The molecule has 5 nitrogen and oxygen atoms in total. The van der Waals surface area contributed by atoms with Crippen LogP contribution in [0.1, 0.15) is 58.4 Å². The zero-order valence-corrected chi connectivity index (χ0v) is 17.7. The van der Waals surface area contributed by atoms with E-state index in [1.165, 1.54) is 31.4 Å². The number of rotatable bonds is 7. The van der Waals surface area contributed by atoms with Crippen molar-refractivity contribution in [2.45, 2.75) is 65.3 Å². The first-order chi connectivity index (χ1) is 14.0. The van der Waals surface area contributed by atoms with Gasteiger partial charge in [-0.1, -0.05) is 38.5 Å². The number of carbonyl (C=O) groups excluding carboxylic acids is 2. The Bertz CT molecular complexity index is 877. The highest BCUT2D eigenvalue weighted by atomic mass is 16.6. The molecule has 0 aliphatic carbocycles. The average Bonchev–Trinajstić information content (AvgIpc) is 2.73. The summed E-state index contributed by atoms with van der Waals surface area (Å²) in [6.07, 6.45) is 5.39. The molecule has 0 spiro atoms. The molecule has 1 fully saturated rings. The lowest BCUT2D eigenvalue weighted by Crippen LogP contribution is -2.38. The van der Waals surface area contributed by atoms with Crippen molar-refractivity contribution in [1.82, 2.24) is 4.90 Å². The van der Waals surface area contributed by atoms with Gasteiger partial charge in [0, 0.05) is 25.4 Å². The van der Waals surface area contributed by atoms with Gasteiger partial charge in [-0.3, -0.25) is 9.59 Å². The molecular formula is C24H31NO4. The summed E-state index contributed by atoms with van der Waals surface area (Å²) >= 11 is 0. The minimum atomic E-state index is -0.356. The Kier molecular flexibility index (Phi) is 7.26. The van der Waals surface area contributed by atoms with Gasteiger partial charge in [-0.25, -0.2) is 0 Å². The number of ether oxygens (including phenoxy) is 2. The number of hydrogen-bond donors (Lipinski definition) is 0. The number of fused-ring (bicyclic) bond motifs is 1. The summed E-state index contributed by atoms with van der Waals surface area (Å²) < 4.78 is 10.8. The van der Waals surface area contributed by atoms with Gasteiger partial charge in [0.05, 0.1) is 0 Å². The Labute approximate surface area is 173 Å². The van der Waals surface area contributed by atoms with Crippen molar-refractivity contribution in [3.63, 3.8) is 0 Å². The molecule has 5 heteroatoms. The molecule has 156 valence electrons. The van der Waals surface area contributed by atoms with E-state index in [1.54, 1.807) is 26.0 Å². The SMILES string of the molecule is CCC(=O)Oc1cc2ccc(CCN3CCCCC3C)cc2cc1OC(=O)CC. The monoisotopic (exact) mass is 397 g/mol. The van der Waals surface area contributed by atoms with Crippen LogP contribution in [0.2, 0.25) is 0 Å². The molecule has 1 unspecified atom stereocenters. The van der Waals surface area contributed by atoms with Gasteiger partial charge in [-0.2, -0.15) is 0 Å². The Balaban J connectivity index is 1.83. The summed E-state index contributed by atoms with van der Waals surface area (Å²) in [7, 11) is 0. The number of benzene rings is 2. The Hall–Kier alpha value is -2.40. The third-order valence-corrected chi connectivity index (χ3v) is 5.62. The Morgan fingerprint density at radius 2 is 1.62 bits per heavy atom. The summed E-state index contributed by atoms with van der Waals surface area (Å²) in [4.78, 5) is 26.2. The van der Waals surface area contributed by atoms with Crippen molar-refractivity contribution < 1.29 is 19.1 Å². The van der Waals surface area contributed by atoms with E-state index in [-0.39, 0.29) is 24.8 Å². The lowest BCUT2D eigenvalue weighted by Gasteiger charge is -2.33. The van der Waals surface area contributed by atoms with Crippen LogP contribution >= 0.6 is 0 Å². The van der Waals surface area contributed by atoms with Crippen molar-refractivity contribution in [3.05, 3.63) is 35.9 Å². The lowest BCUT2D eigenvalue weighted by molar-refractivity contribution is -0.136. The summed E-state index contributed by atoms with van der Waals surface area (Å²) in [5.74, 6) is -0.118. The molecule has 0 aromatic heterocycles. The zero-order chi connectivity index (χ0) is 20.8. The highest BCUT2D eigenvalue weighted by molar-refractivity contribution is 5.89. The van der Waals surface area contributed by atoms with Gasteiger partial charge in [0.25, 0.3) is 0 Å². The topological polar surface area (TPSA) is 55.8 Å². The predicted molar refractivity (Wildman–Crippen MR) is 114 cm³/mol. The maximum absolute atomic E-state index is 11.8. The molecule has 29 heavy (non-hydrogen) atoms. The van der Waals surface area contributed by atoms with Crippen molar-refractivity contribution >= 4 is 22.7 Å². The average molecular weight is 398 g/mol. The van der Waals surface area contributed by atoms with Gasteiger partial charge < -0.3 is 14.4 Å². The van der Waals surface area contributed by atoms with E-state index in [2.05, 4.69) is 24.0 Å². The molecule has 0 bridgehead atoms. The van der Waals surface area contributed by atoms with Gasteiger partial charge in [0.1, 0.15) is 0 Å². The van der Waals surface area contributed by atoms with Crippen LogP contribution in [0.5, 0.6) is 11.5 Å². The first-order valence-corrected chi connectivity index (χ1v) is 10.7. The smallest absolute Gasteiger partial charge is 0.311 e. The number of piperidine rings is 1. The third kappa shape index (κ3) is 5.57. The first kappa shape index (κ1) is 21.3. The molecule has 1 aliphatic rings. The molecule has 1 heterocycles. The molecule has 2 aromatic rings. The van der Waals surface area contributed by atoms with Crippen molar-refractivity contribution in [3.8, 4) is 11.5 Å². The van der Waals surface area contributed by atoms with E-state index in [0.717, 1.165) is 23.7 Å². The molecule has 0 amide bonds. The van der Waals surface area contributed by atoms with E-state index >= 15 is 0 Å². The maximum atomic E-state index is 11.8. The van der Waals surface area contributed by atoms with Gasteiger partial charge in [0.2, 0.25) is 0 Å². The summed E-state index contributed by atoms with van der Waals surface area (Å²) in [5.41, 5.74) is 1.25. The van der Waals surface area contributed by atoms with Crippen LogP contribution in [0.15, 0.2) is 30.3 Å². The Morgan fingerprint density at radius 1 is 0.966 bits per heavy atom. The molecule has 1 aliphatic heterocycles. The van der Waals surface area contributed by atoms with E-state index in [9.17, 15) is 9.59 Å². The molecule has 2 aromatic carbocycles. The predicted octanol–water partition coefficient (Wildman–Crippen LogP) is 4.89. The number of hydrogen-bond acceptors (Lipinski definition) is 5. The van der Waals surface area contributed by atoms with Gasteiger partial charge >= 0.3 is 11.9 Å². The first-order valence-electron chi connectivity index (χ1n) is 10.7. The van der Waals surface area contributed by atoms with Crippen molar-refractivity contribution in [2.75, 3.05) is 13.1 Å². The molecule has 3 rings (SSSR count). The second-order valence-corrected chi connectivity index (χ2v) is 7.77. The highest BCUT2D eigenvalue weighted by Gasteiger charge is 2.18. The zero-order valence-electron chi connectivity index (χ0n) is 17.7. The standard InChI is InChI=1S/C24H31NO4/c1-4-23(26)28-21-15-19-10-9-18(11-13-25-12-7-6-8-17(25)3)14-20(19)16-22(21)29-24(27)5-2/h9-10,14-17H,4-8,11-13H2,1-3H3. The third-order valence-electron chi connectivity index (χ3n) is 5.62. The maximum Gasteiger partial charge on any atom is 0.311 e. The van der Waals surface area contributed by atoms with Crippen LogP contribution in [0, 0.1) is 0 Å². The fourth-order valence-corrected chi connectivity index (χ4v) is 3.77. The van der Waals surface area contributed by atoms with Gasteiger partial charge in [-0.05, 0) is 61.2 Å². The van der Waals surface area contributed by atoms with E-state index in [4.69, 9.17) is 9.47 Å². The summed E-state index contributed by atoms with van der Waals surface area (Å²) in [6.45, 7) is 8.01. The second-order valence-electron chi connectivity index (χ2n) is 7.77. The van der Waals surface area contributed by atoms with Crippen LogP contribution in [0.3, 0.4) is 0 Å². The molecule has 0 radical (unpaired) electrons.